The van der Waals surface area contributed by atoms with Gasteiger partial charge in [-0.2, -0.15) is 0 Å². The summed E-state index contributed by atoms with van der Waals surface area (Å²) in [6.45, 7) is 2.56. The molecule has 1 aliphatic rings. The highest BCUT2D eigenvalue weighted by atomic mass is 16.6. The van der Waals surface area contributed by atoms with Gasteiger partial charge in [-0.1, -0.05) is 18.2 Å². The number of amides is 1. The van der Waals surface area contributed by atoms with Gasteiger partial charge in [0.1, 0.15) is 19.0 Å². The van der Waals surface area contributed by atoms with Crippen LogP contribution in [0.15, 0.2) is 66.7 Å². The molecule has 154 valence electrons. The van der Waals surface area contributed by atoms with Gasteiger partial charge in [-0.15, -0.1) is 0 Å². The number of nitrogens with one attached hydrogen (secondary N) is 2. The Morgan fingerprint density at radius 2 is 1.63 bits per heavy atom. The molecule has 1 amide bonds. The largest absolute Gasteiger partial charge is 0.497 e. The predicted molar refractivity (Wildman–Crippen MR) is 115 cm³/mol. The smallest absolute Gasteiger partial charge is 0.255 e. The number of carbonyl (C=O) groups excluding carboxylic acids is 1. The van der Waals surface area contributed by atoms with Crippen molar-refractivity contribution in [1.29, 1.82) is 0 Å². The van der Waals surface area contributed by atoms with Gasteiger partial charge in [0.05, 0.1) is 7.11 Å². The van der Waals surface area contributed by atoms with Gasteiger partial charge in [0.25, 0.3) is 5.91 Å². The minimum Gasteiger partial charge on any atom is -0.497 e. The third-order valence-corrected chi connectivity index (χ3v) is 4.80. The van der Waals surface area contributed by atoms with Crippen molar-refractivity contribution >= 4 is 11.6 Å². The second-order valence-corrected chi connectivity index (χ2v) is 6.96. The van der Waals surface area contributed by atoms with E-state index in [9.17, 15) is 4.79 Å². The normalized spacial score (nSPS) is 12.3. The zero-order valence-electron chi connectivity index (χ0n) is 16.8. The molecule has 0 aliphatic carbocycles. The zero-order valence-corrected chi connectivity index (χ0v) is 16.8. The summed E-state index contributed by atoms with van der Waals surface area (Å²) in [6, 6.07) is 20.8. The molecular formula is C24H24N2O4. The summed E-state index contributed by atoms with van der Waals surface area (Å²) in [5, 5.41) is 6.37. The molecule has 0 saturated carbocycles. The molecular weight excluding hydrogens is 380 g/mol. The molecule has 0 saturated heterocycles. The van der Waals surface area contributed by atoms with Crippen molar-refractivity contribution in [3.05, 3.63) is 83.4 Å². The maximum atomic E-state index is 12.5. The van der Waals surface area contributed by atoms with Crippen molar-refractivity contribution in [2.45, 2.75) is 13.1 Å². The van der Waals surface area contributed by atoms with Crippen molar-refractivity contribution in [3.63, 3.8) is 0 Å². The summed E-state index contributed by atoms with van der Waals surface area (Å²) in [7, 11) is 1.60. The molecule has 0 fully saturated rings. The summed E-state index contributed by atoms with van der Waals surface area (Å²) < 4.78 is 16.3. The highest BCUT2D eigenvalue weighted by Crippen LogP contribution is 2.30. The minimum absolute atomic E-state index is 0.154. The lowest BCUT2D eigenvalue weighted by molar-refractivity contribution is 0.102. The first-order valence-corrected chi connectivity index (χ1v) is 9.85. The number of hydrogen-bond donors (Lipinski definition) is 2. The zero-order chi connectivity index (χ0) is 20.8. The maximum absolute atomic E-state index is 12.5. The standard InChI is InChI=1S/C24H24N2O4/c1-28-21-8-6-19(7-9-21)24(27)26-20-4-2-3-17(13-20)15-25-16-18-5-10-22-23(14-18)30-12-11-29-22/h2-10,13-14,25H,11-12,15-16H2,1H3,(H,26,27). The Morgan fingerprint density at radius 1 is 0.900 bits per heavy atom. The van der Waals surface area contributed by atoms with E-state index in [-0.39, 0.29) is 5.91 Å². The van der Waals surface area contributed by atoms with E-state index in [2.05, 4.69) is 10.6 Å². The Hall–Kier alpha value is -3.51. The first kappa shape index (κ1) is 19.8. The van der Waals surface area contributed by atoms with E-state index in [0.717, 1.165) is 34.1 Å². The van der Waals surface area contributed by atoms with Gasteiger partial charge in [0.2, 0.25) is 0 Å². The summed E-state index contributed by atoms with van der Waals surface area (Å²) in [5.74, 6) is 2.16. The third-order valence-electron chi connectivity index (χ3n) is 4.80. The van der Waals surface area contributed by atoms with E-state index < -0.39 is 0 Å². The molecule has 0 aromatic heterocycles. The number of benzene rings is 3. The van der Waals surface area contributed by atoms with Crippen LogP contribution in [0.2, 0.25) is 0 Å². The molecule has 0 spiro atoms. The fraction of sp³-hybridized carbons (Fsp3) is 0.208. The Morgan fingerprint density at radius 3 is 2.40 bits per heavy atom. The second kappa shape index (κ2) is 9.33. The molecule has 6 heteroatoms. The van der Waals surface area contributed by atoms with Gasteiger partial charge in [-0.05, 0) is 59.7 Å². The van der Waals surface area contributed by atoms with E-state index >= 15 is 0 Å². The monoisotopic (exact) mass is 404 g/mol. The molecule has 4 rings (SSSR count). The lowest BCUT2D eigenvalue weighted by Gasteiger charge is -2.19. The number of methoxy groups -OCH3 is 1. The highest BCUT2D eigenvalue weighted by Gasteiger charge is 2.11. The minimum atomic E-state index is -0.154. The molecule has 1 heterocycles. The number of carbonyl (C=O) groups is 1. The number of hydrogen-bond acceptors (Lipinski definition) is 5. The van der Waals surface area contributed by atoms with Crippen LogP contribution in [0.1, 0.15) is 21.5 Å². The van der Waals surface area contributed by atoms with Crippen molar-refractivity contribution < 1.29 is 19.0 Å². The van der Waals surface area contributed by atoms with Crippen LogP contribution >= 0.6 is 0 Å². The summed E-state index contributed by atoms with van der Waals surface area (Å²) in [5.41, 5.74) is 3.55. The second-order valence-electron chi connectivity index (χ2n) is 6.96. The SMILES string of the molecule is COc1ccc(C(=O)Nc2cccc(CNCc3ccc4c(c3)OCCO4)c2)cc1. The van der Waals surface area contributed by atoms with Gasteiger partial charge in [-0.3, -0.25) is 4.79 Å². The Bertz CT molecular complexity index is 1020. The van der Waals surface area contributed by atoms with Crippen molar-refractivity contribution in [3.8, 4) is 17.2 Å². The van der Waals surface area contributed by atoms with E-state index in [4.69, 9.17) is 14.2 Å². The van der Waals surface area contributed by atoms with Gasteiger partial charge in [-0.25, -0.2) is 0 Å². The van der Waals surface area contributed by atoms with Gasteiger partial charge >= 0.3 is 0 Å². The van der Waals surface area contributed by atoms with Crippen molar-refractivity contribution in [2.75, 3.05) is 25.6 Å². The average Bonchev–Trinajstić information content (AvgIpc) is 2.79. The van der Waals surface area contributed by atoms with Crippen LogP contribution in [-0.2, 0) is 13.1 Å². The highest BCUT2D eigenvalue weighted by molar-refractivity contribution is 6.04. The fourth-order valence-corrected chi connectivity index (χ4v) is 3.25. The molecule has 3 aromatic rings. The van der Waals surface area contributed by atoms with Crippen LogP contribution in [0.3, 0.4) is 0 Å². The lowest BCUT2D eigenvalue weighted by Crippen LogP contribution is -2.17. The molecule has 3 aromatic carbocycles. The predicted octanol–water partition coefficient (Wildman–Crippen LogP) is 4.01. The summed E-state index contributed by atoms with van der Waals surface area (Å²) in [6.07, 6.45) is 0. The quantitative estimate of drug-likeness (QED) is 0.623. The molecule has 2 N–H and O–H groups in total. The Labute approximate surface area is 175 Å². The molecule has 1 aliphatic heterocycles. The first-order valence-electron chi connectivity index (χ1n) is 9.85. The molecule has 0 atom stereocenters. The van der Waals surface area contributed by atoms with Crippen molar-refractivity contribution in [2.24, 2.45) is 0 Å². The van der Waals surface area contributed by atoms with Gasteiger partial charge < -0.3 is 24.8 Å². The lowest BCUT2D eigenvalue weighted by atomic mass is 10.1. The van der Waals surface area contributed by atoms with Crippen LogP contribution in [-0.4, -0.2) is 26.2 Å². The average molecular weight is 404 g/mol. The van der Waals surface area contributed by atoms with Crippen LogP contribution in [0.25, 0.3) is 0 Å². The number of rotatable bonds is 7. The van der Waals surface area contributed by atoms with E-state index in [1.54, 1.807) is 31.4 Å². The Kier molecular flexibility index (Phi) is 6.15. The Balaban J connectivity index is 1.32. The topological polar surface area (TPSA) is 68.8 Å². The maximum Gasteiger partial charge on any atom is 0.255 e. The molecule has 0 unspecified atom stereocenters. The third kappa shape index (κ3) is 4.90. The van der Waals surface area contributed by atoms with Crippen LogP contribution < -0.4 is 24.8 Å². The summed E-state index contributed by atoms with van der Waals surface area (Å²) >= 11 is 0. The van der Waals surface area contributed by atoms with Crippen molar-refractivity contribution in [1.82, 2.24) is 5.32 Å². The van der Waals surface area contributed by atoms with E-state index in [1.807, 2.05) is 42.5 Å². The number of ether oxygens (including phenoxy) is 3. The molecule has 0 bridgehead atoms. The summed E-state index contributed by atoms with van der Waals surface area (Å²) in [4.78, 5) is 12.5. The van der Waals surface area contributed by atoms with E-state index in [1.165, 1.54) is 0 Å². The molecule has 0 radical (unpaired) electrons. The van der Waals surface area contributed by atoms with Gasteiger partial charge in [0.15, 0.2) is 11.5 Å². The first-order chi connectivity index (χ1) is 14.7. The molecule has 6 nitrogen and oxygen atoms in total. The van der Waals surface area contributed by atoms with Crippen LogP contribution in [0, 0.1) is 0 Å². The van der Waals surface area contributed by atoms with Gasteiger partial charge in [0, 0.05) is 24.3 Å². The van der Waals surface area contributed by atoms with Crippen LogP contribution in [0.5, 0.6) is 17.2 Å². The number of anilines is 1. The fourth-order valence-electron chi connectivity index (χ4n) is 3.25. The van der Waals surface area contributed by atoms with E-state index in [0.29, 0.717) is 31.9 Å². The molecule has 30 heavy (non-hydrogen) atoms. The van der Waals surface area contributed by atoms with Crippen LogP contribution in [0.4, 0.5) is 5.69 Å². The number of fused-ring (bicyclic) bond motifs is 1.